The molecule has 0 bridgehead atoms. The van der Waals surface area contributed by atoms with Crippen molar-refractivity contribution in [2.24, 2.45) is 37.9 Å². The number of esters is 7. The predicted molar refractivity (Wildman–Crippen MR) is 556 cm³/mol. The minimum absolute atomic E-state index is 0.0955. The Morgan fingerprint density at radius 1 is 0.187 bits per heavy atom. The first kappa shape index (κ1) is 116. The average Bonchev–Trinajstić information content (AvgIpc) is 0.828. The van der Waals surface area contributed by atoms with E-state index in [-0.39, 0.29) is 52.8 Å². The van der Waals surface area contributed by atoms with Crippen molar-refractivity contribution in [1.82, 2.24) is 0 Å². The van der Waals surface area contributed by atoms with Gasteiger partial charge >= 0.3 is 41.8 Å². The Bertz CT molecular complexity index is 5420. The van der Waals surface area contributed by atoms with E-state index in [9.17, 15) is 33.6 Å². The first-order valence-electron chi connectivity index (χ1n) is 48.8. The van der Waals surface area contributed by atoms with Gasteiger partial charge in [0.15, 0.2) is 0 Å². The topological polar surface area (TPSA) is 184 Å². The van der Waals surface area contributed by atoms with Gasteiger partial charge in [0.05, 0.1) is 37.9 Å². The molecule has 3 unspecified atom stereocenters. The van der Waals surface area contributed by atoms with Crippen molar-refractivity contribution in [2.75, 3.05) is 0 Å². The predicted octanol–water partition coefficient (Wildman–Crippen LogP) is 32.3. The number of hydrogen-bond donors (Lipinski definition) is 0. The fourth-order valence-corrected chi connectivity index (χ4v) is 12.9. The first-order chi connectivity index (χ1) is 62.1. The van der Waals surface area contributed by atoms with Crippen molar-refractivity contribution in [3.63, 3.8) is 0 Å². The van der Waals surface area contributed by atoms with Crippen molar-refractivity contribution in [1.29, 1.82) is 0 Å². The summed E-state index contributed by atoms with van der Waals surface area (Å²) in [5, 5.41) is 9.34. The molecule has 0 aliphatic carbocycles. The van der Waals surface area contributed by atoms with E-state index in [0.717, 1.165) is 126 Å². The van der Waals surface area contributed by atoms with E-state index in [1.165, 1.54) is 21.5 Å². The summed E-state index contributed by atoms with van der Waals surface area (Å²) in [6.07, 6.45) is 8.52. The SMILES string of the molecule is CCC(C)(C)C(=O)OC(C)(C)c1ccc2ccccc2c1.CCC(C)(C)C(=O)OC(C)(C)c1cccc2ccccc12.CCC(C)(C)C(=O)OC(C)(C)c1ccccc1.CCC(C)(C)C(=O)OC(C)(CC)c1ccc2ccccc2c1.CCC(C)(C)C(=O)OC(C)(CC)c1cccc2ccccc12.CCC(C)(C)C(=O)OC(C)(CC)c1ccccc1.CCC(C)(C)OC(=O)C(C)(C)CC. The van der Waals surface area contributed by atoms with Gasteiger partial charge in [-0.15, -0.1) is 0 Å². The Morgan fingerprint density at radius 2 is 0.433 bits per heavy atom. The van der Waals surface area contributed by atoms with Crippen LogP contribution >= 0.6 is 0 Å². The van der Waals surface area contributed by atoms with Gasteiger partial charge in [-0.25, -0.2) is 0 Å². The first-order valence-corrected chi connectivity index (χ1v) is 48.8. The minimum Gasteiger partial charge on any atom is -0.459 e. The van der Waals surface area contributed by atoms with Crippen LogP contribution in [0.2, 0.25) is 0 Å². The molecule has 14 heteroatoms. The Morgan fingerprint density at radius 3 is 0.776 bits per heavy atom. The van der Waals surface area contributed by atoms with E-state index < -0.39 is 66.1 Å². The number of carbonyl (C=O) groups excluding carboxylic acids is 7. The standard InChI is InChI=1S/2C20H26O2.2C19H24O2.C16H24O2.C15H22O2.C11H22O2/c1-6-19(3,4)18(21)22-20(5,7-2)17-14-10-12-15-11-8-9-13-16(15)17;1-6-19(3,4)18(21)22-20(5,7-2)17-13-12-15-10-8-9-11-16(15)14-17;1-6-18(2,3)17(20)21-19(4,5)16-13-9-11-14-10-7-8-12-15(14)16;1-6-18(2,3)17(20)21-19(4,5)16-12-11-14-9-7-8-10-15(14)13-16;1-6-15(3,4)14(17)18-16(5,7-2)13-11-9-8-10-12-13;1-6-14(2,3)13(16)17-15(4,5)12-10-8-7-9-11-12;1-7-10(3,4)9(12)13-11(5,6)8-2/h2*8-14H,6-7H2,1-5H3;2*7-13H,6H2,1-5H3;8-12H,6-7H2,1-5H3;7-11H,6H2,1-5H3;7-8H2,1-6H3. The zero-order valence-electron chi connectivity index (χ0n) is 88.9. The quantitative estimate of drug-likeness (QED) is 0.0295. The second-order valence-corrected chi connectivity index (χ2v) is 42.7. The lowest BCUT2D eigenvalue weighted by Crippen LogP contribution is -2.35. The third-order valence-electron chi connectivity index (χ3n) is 27.8. The fourth-order valence-electron chi connectivity index (χ4n) is 12.9. The van der Waals surface area contributed by atoms with E-state index in [0.29, 0.717) is 0 Å². The van der Waals surface area contributed by atoms with Crippen LogP contribution < -0.4 is 0 Å². The van der Waals surface area contributed by atoms with Crippen molar-refractivity contribution >= 4 is 84.9 Å². The van der Waals surface area contributed by atoms with Crippen LogP contribution in [0.3, 0.4) is 0 Å². The van der Waals surface area contributed by atoms with Gasteiger partial charge in [-0.3, -0.25) is 33.6 Å². The minimum atomic E-state index is -0.648. The number of fused-ring (bicyclic) bond motifs is 4. The number of ether oxygens (including phenoxy) is 7. The van der Waals surface area contributed by atoms with E-state index >= 15 is 0 Å². The zero-order chi connectivity index (χ0) is 102. The molecule has 3 atom stereocenters. The second-order valence-electron chi connectivity index (χ2n) is 42.7. The summed E-state index contributed by atoms with van der Waals surface area (Å²) in [4.78, 5) is 85.7. The van der Waals surface area contributed by atoms with Crippen LogP contribution in [0.4, 0.5) is 0 Å². The molecule has 0 radical (unpaired) electrons. The van der Waals surface area contributed by atoms with Crippen LogP contribution in [-0.4, -0.2) is 47.4 Å². The highest BCUT2D eigenvalue weighted by atomic mass is 16.6. The smallest absolute Gasteiger partial charge is 0.312 e. The molecule has 0 saturated carbocycles. The highest BCUT2D eigenvalue weighted by Crippen LogP contribution is 2.42. The third kappa shape index (κ3) is 32.4. The third-order valence-corrected chi connectivity index (χ3v) is 27.8. The number of hydrogen-bond acceptors (Lipinski definition) is 14. The van der Waals surface area contributed by atoms with E-state index in [2.05, 4.69) is 111 Å². The van der Waals surface area contributed by atoms with Crippen molar-refractivity contribution in [3.8, 4) is 0 Å². The molecule has 134 heavy (non-hydrogen) atoms. The molecule has 0 aliphatic rings. The van der Waals surface area contributed by atoms with E-state index in [1.807, 2.05) is 369 Å². The molecule has 0 heterocycles. The van der Waals surface area contributed by atoms with Crippen LogP contribution in [-0.2, 0) is 100 Å². The molecule has 0 amide bonds. The molecule has 0 saturated heterocycles. The maximum Gasteiger partial charge on any atom is 0.312 e. The van der Waals surface area contributed by atoms with Gasteiger partial charge in [0.2, 0.25) is 0 Å². The molecule has 0 aromatic heterocycles. The normalized spacial score (nSPS) is 13.5. The fraction of sp³-hybridized carbons (Fsp3) is 0.508. The zero-order valence-corrected chi connectivity index (χ0v) is 88.9. The van der Waals surface area contributed by atoms with Gasteiger partial charge in [0.1, 0.15) is 39.2 Å². The van der Waals surface area contributed by atoms with E-state index in [4.69, 9.17) is 33.2 Å². The van der Waals surface area contributed by atoms with Gasteiger partial charge in [0, 0.05) is 11.1 Å². The molecule has 0 aliphatic heterocycles. The summed E-state index contributed by atoms with van der Waals surface area (Å²) in [5.74, 6) is -0.931. The van der Waals surface area contributed by atoms with Crippen LogP contribution in [0.5, 0.6) is 0 Å². The Labute approximate surface area is 807 Å². The second kappa shape index (κ2) is 48.8. The lowest BCUT2D eigenvalue weighted by Gasteiger charge is -2.34. The monoisotopic (exact) mass is 1830 g/mol. The molecular weight excluding hydrogens is 1670 g/mol. The Hall–Kier alpha value is -10.5. The van der Waals surface area contributed by atoms with Gasteiger partial charge in [-0.05, 0) is 321 Å². The van der Waals surface area contributed by atoms with Gasteiger partial charge in [-0.2, -0.15) is 0 Å². The maximum atomic E-state index is 12.6. The molecular formula is C120H168O14. The van der Waals surface area contributed by atoms with Gasteiger partial charge in [-0.1, -0.05) is 295 Å². The Balaban J connectivity index is 0.000000329. The van der Waals surface area contributed by atoms with Crippen LogP contribution in [0, 0.1) is 37.9 Å². The summed E-state index contributed by atoms with van der Waals surface area (Å²) in [5.41, 5.74) is -0.694. The maximum absolute atomic E-state index is 12.6. The van der Waals surface area contributed by atoms with Crippen LogP contribution in [0.25, 0.3) is 43.1 Å². The number of rotatable bonds is 31. The lowest BCUT2D eigenvalue weighted by atomic mass is 9.86. The molecule has 0 N–H and O–H groups in total. The lowest BCUT2D eigenvalue weighted by molar-refractivity contribution is -0.171. The highest BCUT2D eigenvalue weighted by molar-refractivity contribution is 5.90. The summed E-state index contributed by atoms with van der Waals surface area (Å²) >= 11 is 0. The molecule has 14 nitrogen and oxygen atoms in total. The van der Waals surface area contributed by atoms with Crippen LogP contribution in [0.1, 0.15) is 353 Å². The van der Waals surface area contributed by atoms with Crippen LogP contribution in [0.15, 0.2) is 231 Å². The average molecular weight is 1830 g/mol. The molecule has 10 rings (SSSR count). The number of benzene rings is 10. The number of carbonyl (C=O) groups is 7. The van der Waals surface area contributed by atoms with Crippen molar-refractivity contribution in [2.45, 2.75) is 359 Å². The molecule has 732 valence electrons. The van der Waals surface area contributed by atoms with E-state index in [1.54, 1.807) is 0 Å². The molecule has 0 fully saturated rings. The summed E-state index contributed by atoms with van der Waals surface area (Å²) in [6.45, 7) is 70.7. The van der Waals surface area contributed by atoms with Gasteiger partial charge < -0.3 is 33.2 Å². The molecule has 10 aromatic rings. The Kier molecular flexibility index (Phi) is 42.2. The largest absolute Gasteiger partial charge is 0.459 e. The molecule has 0 spiro atoms. The summed E-state index contributed by atoms with van der Waals surface area (Å²) in [7, 11) is 0. The summed E-state index contributed by atoms with van der Waals surface area (Å²) < 4.78 is 40.4. The van der Waals surface area contributed by atoms with Gasteiger partial charge in [0.25, 0.3) is 0 Å². The van der Waals surface area contributed by atoms with Crippen molar-refractivity contribution in [3.05, 3.63) is 264 Å². The summed E-state index contributed by atoms with van der Waals surface area (Å²) in [6, 6.07) is 77.4. The highest BCUT2D eigenvalue weighted by Gasteiger charge is 2.42. The van der Waals surface area contributed by atoms with Crippen molar-refractivity contribution < 1.29 is 66.7 Å². The molecule has 10 aromatic carbocycles.